The Morgan fingerprint density at radius 1 is 1.29 bits per heavy atom. The van der Waals surface area contributed by atoms with Crippen LogP contribution in [0.4, 0.5) is 0 Å². The predicted octanol–water partition coefficient (Wildman–Crippen LogP) is 0.644. The molecule has 4 N–H and O–H groups in total. The second-order valence-electron chi connectivity index (χ2n) is 3.67. The van der Waals surface area contributed by atoms with Gasteiger partial charge in [-0.05, 0) is 37.2 Å². The molecule has 0 amide bonds. The molecule has 1 heterocycles. The SMILES string of the molecule is NCCc1cnc(-c2ccc(O)cc2)[nH]c1=O. The zero-order valence-electron chi connectivity index (χ0n) is 9.18. The molecule has 0 spiro atoms. The van der Waals surface area contributed by atoms with E-state index in [0.717, 1.165) is 5.56 Å². The van der Waals surface area contributed by atoms with E-state index in [1.165, 1.54) is 6.20 Å². The lowest BCUT2D eigenvalue weighted by Gasteiger charge is -2.02. The molecule has 0 radical (unpaired) electrons. The Balaban J connectivity index is 2.37. The fourth-order valence-corrected chi connectivity index (χ4v) is 1.52. The summed E-state index contributed by atoms with van der Waals surface area (Å²) in [6.45, 7) is 0.420. The minimum atomic E-state index is -0.173. The third-order valence-corrected chi connectivity index (χ3v) is 2.43. The van der Waals surface area contributed by atoms with Crippen molar-refractivity contribution in [2.24, 2.45) is 5.73 Å². The number of hydrogen-bond acceptors (Lipinski definition) is 4. The van der Waals surface area contributed by atoms with Crippen LogP contribution in [0, 0.1) is 0 Å². The second kappa shape index (κ2) is 4.80. The third kappa shape index (κ3) is 2.51. The highest BCUT2D eigenvalue weighted by molar-refractivity contribution is 5.55. The monoisotopic (exact) mass is 231 g/mol. The third-order valence-electron chi connectivity index (χ3n) is 2.43. The molecule has 0 unspecified atom stereocenters. The summed E-state index contributed by atoms with van der Waals surface area (Å²) in [5.41, 5.74) is 6.54. The van der Waals surface area contributed by atoms with Crippen LogP contribution in [0.25, 0.3) is 11.4 Å². The van der Waals surface area contributed by atoms with Crippen LogP contribution in [0.3, 0.4) is 0 Å². The van der Waals surface area contributed by atoms with Crippen molar-refractivity contribution in [2.45, 2.75) is 6.42 Å². The lowest BCUT2D eigenvalue weighted by atomic mass is 10.2. The maximum Gasteiger partial charge on any atom is 0.254 e. The number of phenolic OH excluding ortho intramolecular Hbond substituents is 1. The van der Waals surface area contributed by atoms with E-state index in [1.54, 1.807) is 24.3 Å². The summed E-state index contributed by atoms with van der Waals surface area (Å²) in [4.78, 5) is 18.5. The van der Waals surface area contributed by atoms with Gasteiger partial charge < -0.3 is 15.8 Å². The molecule has 0 fully saturated rings. The van der Waals surface area contributed by atoms with Gasteiger partial charge in [0.2, 0.25) is 0 Å². The van der Waals surface area contributed by atoms with Crippen molar-refractivity contribution in [3.8, 4) is 17.1 Å². The fraction of sp³-hybridized carbons (Fsp3) is 0.167. The number of H-pyrrole nitrogens is 1. The van der Waals surface area contributed by atoms with Crippen LogP contribution in [0.15, 0.2) is 35.3 Å². The summed E-state index contributed by atoms with van der Waals surface area (Å²) < 4.78 is 0. The van der Waals surface area contributed by atoms with Gasteiger partial charge in [0, 0.05) is 17.3 Å². The Bertz CT molecular complexity index is 561. The van der Waals surface area contributed by atoms with Gasteiger partial charge in [-0.2, -0.15) is 0 Å². The molecular weight excluding hydrogens is 218 g/mol. The Hall–Kier alpha value is -2.14. The first-order valence-corrected chi connectivity index (χ1v) is 5.28. The minimum absolute atomic E-state index is 0.173. The minimum Gasteiger partial charge on any atom is -0.508 e. The number of aromatic nitrogens is 2. The molecule has 0 saturated carbocycles. The summed E-state index contributed by atoms with van der Waals surface area (Å²) in [5.74, 6) is 0.659. The highest BCUT2D eigenvalue weighted by atomic mass is 16.3. The number of aromatic hydroxyl groups is 1. The number of nitrogens with one attached hydrogen (secondary N) is 1. The Morgan fingerprint density at radius 3 is 2.59 bits per heavy atom. The van der Waals surface area contributed by atoms with Gasteiger partial charge in [0.25, 0.3) is 5.56 Å². The molecule has 0 aliphatic carbocycles. The fourth-order valence-electron chi connectivity index (χ4n) is 1.52. The normalized spacial score (nSPS) is 10.4. The van der Waals surface area contributed by atoms with E-state index in [4.69, 9.17) is 10.8 Å². The number of hydrogen-bond donors (Lipinski definition) is 3. The number of rotatable bonds is 3. The van der Waals surface area contributed by atoms with Crippen molar-refractivity contribution in [2.75, 3.05) is 6.54 Å². The van der Waals surface area contributed by atoms with Crippen LogP contribution in [-0.4, -0.2) is 21.6 Å². The molecule has 17 heavy (non-hydrogen) atoms. The quantitative estimate of drug-likeness (QED) is 0.723. The smallest absolute Gasteiger partial charge is 0.254 e. The van der Waals surface area contributed by atoms with Crippen molar-refractivity contribution < 1.29 is 5.11 Å². The zero-order valence-corrected chi connectivity index (χ0v) is 9.18. The van der Waals surface area contributed by atoms with Gasteiger partial charge in [0.05, 0.1) is 0 Å². The number of nitrogens with zero attached hydrogens (tertiary/aromatic N) is 1. The van der Waals surface area contributed by atoms with E-state index in [0.29, 0.717) is 24.4 Å². The summed E-state index contributed by atoms with van der Waals surface area (Å²) in [5, 5.41) is 9.17. The molecule has 88 valence electrons. The molecule has 0 aliphatic heterocycles. The molecule has 0 bridgehead atoms. The molecule has 0 atom stereocenters. The summed E-state index contributed by atoms with van der Waals surface area (Å²) in [6, 6.07) is 6.47. The van der Waals surface area contributed by atoms with Crippen LogP contribution in [0.2, 0.25) is 0 Å². The first-order valence-electron chi connectivity index (χ1n) is 5.28. The van der Waals surface area contributed by atoms with Crippen LogP contribution in [-0.2, 0) is 6.42 Å². The average Bonchev–Trinajstić information content (AvgIpc) is 2.33. The van der Waals surface area contributed by atoms with E-state index in [9.17, 15) is 4.79 Å². The predicted molar refractivity (Wildman–Crippen MR) is 64.7 cm³/mol. The Labute approximate surface area is 98.0 Å². The highest BCUT2D eigenvalue weighted by Gasteiger charge is 2.04. The van der Waals surface area contributed by atoms with Gasteiger partial charge in [0.1, 0.15) is 11.6 Å². The summed E-state index contributed by atoms with van der Waals surface area (Å²) >= 11 is 0. The lowest BCUT2D eigenvalue weighted by Crippen LogP contribution is -2.17. The molecular formula is C12H13N3O2. The second-order valence-corrected chi connectivity index (χ2v) is 3.67. The number of nitrogens with two attached hydrogens (primary N) is 1. The van der Waals surface area contributed by atoms with Crippen LogP contribution in [0.5, 0.6) is 5.75 Å². The molecule has 2 rings (SSSR count). The summed E-state index contributed by atoms with van der Waals surface area (Å²) in [6.07, 6.45) is 2.05. The number of aromatic amines is 1. The van der Waals surface area contributed by atoms with Gasteiger partial charge >= 0.3 is 0 Å². The highest BCUT2D eigenvalue weighted by Crippen LogP contribution is 2.17. The Kier molecular flexibility index (Phi) is 3.20. The van der Waals surface area contributed by atoms with Gasteiger partial charge in [-0.3, -0.25) is 4.79 Å². The van der Waals surface area contributed by atoms with Crippen molar-refractivity contribution in [3.05, 3.63) is 46.4 Å². The van der Waals surface area contributed by atoms with Gasteiger partial charge in [-0.1, -0.05) is 0 Å². The van der Waals surface area contributed by atoms with E-state index in [-0.39, 0.29) is 11.3 Å². The van der Waals surface area contributed by atoms with Crippen LogP contribution in [0.1, 0.15) is 5.56 Å². The van der Waals surface area contributed by atoms with Crippen LogP contribution < -0.4 is 11.3 Å². The maximum atomic E-state index is 11.7. The van der Waals surface area contributed by atoms with Gasteiger partial charge in [-0.15, -0.1) is 0 Å². The number of phenols is 1. The first kappa shape index (κ1) is 11.3. The topological polar surface area (TPSA) is 92.0 Å². The van der Waals surface area contributed by atoms with E-state index in [1.807, 2.05) is 0 Å². The molecule has 2 aromatic rings. The molecule has 5 heteroatoms. The molecule has 1 aromatic carbocycles. The van der Waals surface area contributed by atoms with Crippen molar-refractivity contribution in [3.63, 3.8) is 0 Å². The van der Waals surface area contributed by atoms with Crippen LogP contribution >= 0.6 is 0 Å². The standard InChI is InChI=1S/C12H13N3O2/c13-6-5-9-7-14-11(15-12(9)17)8-1-3-10(16)4-2-8/h1-4,7,16H,5-6,13H2,(H,14,15,17). The number of benzene rings is 1. The lowest BCUT2D eigenvalue weighted by molar-refractivity contribution is 0.475. The molecule has 0 aliphatic rings. The molecule has 1 aromatic heterocycles. The molecule has 0 saturated heterocycles. The largest absolute Gasteiger partial charge is 0.508 e. The molecule has 5 nitrogen and oxygen atoms in total. The van der Waals surface area contributed by atoms with Crippen molar-refractivity contribution in [1.82, 2.24) is 9.97 Å². The maximum absolute atomic E-state index is 11.7. The summed E-state index contributed by atoms with van der Waals surface area (Å²) in [7, 11) is 0. The average molecular weight is 231 g/mol. The Morgan fingerprint density at radius 2 is 2.00 bits per heavy atom. The van der Waals surface area contributed by atoms with Gasteiger partial charge in [0.15, 0.2) is 0 Å². The van der Waals surface area contributed by atoms with E-state index < -0.39 is 0 Å². The first-order chi connectivity index (χ1) is 8.20. The zero-order chi connectivity index (χ0) is 12.3. The van der Waals surface area contributed by atoms with E-state index in [2.05, 4.69) is 9.97 Å². The van der Waals surface area contributed by atoms with Crippen molar-refractivity contribution in [1.29, 1.82) is 0 Å². The van der Waals surface area contributed by atoms with Gasteiger partial charge in [-0.25, -0.2) is 4.98 Å². The van der Waals surface area contributed by atoms with Crippen molar-refractivity contribution >= 4 is 0 Å². The van der Waals surface area contributed by atoms with E-state index >= 15 is 0 Å².